The van der Waals surface area contributed by atoms with Crippen molar-refractivity contribution in [2.45, 2.75) is 25.6 Å². The molecule has 2 aromatic rings. The fourth-order valence-corrected chi connectivity index (χ4v) is 2.32. The minimum absolute atomic E-state index is 0.176. The van der Waals surface area contributed by atoms with Gasteiger partial charge in [0, 0.05) is 11.5 Å². The van der Waals surface area contributed by atoms with E-state index in [-0.39, 0.29) is 11.4 Å². The zero-order chi connectivity index (χ0) is 17.0. The summed E-state index contributed by atoms with van der Waals surface area (Å²) in [5.74, 6) is 0.586. The van der Waals surface area contributed by atoms with Crippen molar-refractivity contribution in [3.63, 3.8) is 0 Å². The third-order valence-corrected chi connectivity index (χ3v) is 3.70. The highest BCUT2D eigenvalue weighted by atomic mass is 19.4. The number of aromatic nitrogens is 2. The zero-order valence-electron chi connectivity index (χ0n) is 12.8. The van der Waals surface area contributed by atoms with E-state index in [0.717, 1.165) is 10.6 Å². The molecule has 0 saturated carbocycles. The maximum Gasteiger partial charge on any atom is 0.565 e. The van der Waals surface area contributed by atoms with Gasteiger partial charge in [0.25, 0.3) is 0 Å². The Bertz CT molecular complexity index is 785. The van der Waals surface area contributed by atoms with E-state index in [1.165, 1.54) is 13.2 Å². The lowest BCUT2D eigenvalue weighted by Gasteiger charge is -2.15. The van der Waals surface area contributed by atoms with Crippen molar-refractivity contribution >= 4 is 18.1 Å². The molecule has 0 radical (unpaired) electrons. The van der Waals surface area contributed by atoms with Gasteiger partial charge in [-0.2, -0.15) is 18.3 Å². The van der Waals surface area contributed by atoms with E-state index < -0.39 is 24.6 Å². The summed E-state index contributed by atoms with van der Waals surface area (Å²) in [5, 5.41) is 3.58. The number of nitrogens with zero attached hydrogens (tertiary/aromatic N) is 2. The van der Waals surface area contributed by atoms with E-state index in [1.54, 1.807) is 19.9 Å². The number of fused-ring (bicyclic) bond motifs is 1. The molecule has 0 aromatic carbocycles. The summed E-state index contributed by atoms with van der Waals surface area (Å²) < 4.78 is 56.3. The minimum atomic E-state index is -4.56. The first-order valence-electron chi connectivity index (χ1n) is 6.81. The number of methoxy groups -OCH3 is 1. The van der Waals surface area contributed by atoms with Crippen LogP contribution in [0.3, 0.4) is 0 Å². The smallest absolute Gasteiger partial charge is 0.534 e. The molecule has 0 unspecified atom stereocenters. The lowest BCUT2D eigenvalue weighted by Crippen LogP contribution is -2.35. The monoisotopic (exact) mass is 326 g/mol. The number of hydrogen-bond acceptors (Lipinski definition) is 4. The van der Waals surface area contributed by atoms with Gasteiger partial charge in [-0.3, -0.25) is 0 Å². The topological polar surface area (TPSA) is 45.0 Å². The Morgan fingerprint density at radius 1 is 1.35 bits per heavy atom. The lowest BCUT2D eigenvalue weighted by atomic mass is 9.79. The van der Waals surface area contributed by atoms with Crippen LogP contribution in [0.5, 0.6) is 5.88 Å². The molecule has 0 spiro atoms. The molecule has 1 saturated heterocycles. The predicted octanol–water partition coefficient (Wildman–Crippen LogP) is 2.40. The molecule has 0 amide bonds. The third kappa shape index (κ3) is 2.54. The van der Waals surface area contributed by atoms with Crippen LogP contribution in [0, 0.1) is 0 Å². The van der Waals surface area contributed by atoms with Gasteiger partial charge in [-0.15, -0.1) is 0 Å². The van der Waals surface area contributed by atoms with E-state index >= 15 is 0 Å². The van der Waals surface area contributed by atoms with Crippen LogP contribution >= 0.6 is 0 Å². The van der Waals surface area contributed by atoms with Crippen molar-refractivity contribution in [3.8, 4) is 5.88 Å². The first-order valence-corrected chi connectivity index (χ1v) is 6.81. The van der Waals surface area contributed by atoms with Gasteiger partial charge in [-0.1, -0.05) is 12.6 Å². The third-order valence-electron chi connectivity index (χ3n) is 3.70. The molecule has 5 nitrogen and oxygen atoms in total. The maximum atomic E-state index is 13.0. The Hall–Kier alpha value is -2.16. The number of ether oxygens (including phenoxy) is 1. The molecule has 1 aliphatic heterocycles. The summed E-state index contributed by atoms with van der Waals surface area (Å²) in [6, 6.07) is 4.05. The number of pyridine rings is 1. The second kappa shape index (κ2) is 4.92. The van der Waals surface area contributed by atoms with E-state index in [0.29, 0.717) is 11.2 Å². The lowest BCUT2D eigenvalue weighted by molar-refractivity contribution is -0.141. The molecule has 23 heavy (non-hydrogen) atoms. The predicted molar refractivity (Wildman–Crippen MR) is 77.5 cm³/mol. The van der Waals surface area contributed by atoms with Gasteiger partial charge in [0.15, 0.2) is 5.69 Å². The van der Waals surface area contributed by atoms with Gasteiger partial charge >= 0.3 is 13.3 Å². The molecule has 1 fully saturated rings. The Morgan fingerprint density at radius 2 is 2.04 bits per heavy atom. The van der Waals surface area contributed by atoms with Crippen LogP contribution in [0.15, 0.2) is 30.5 Å². The molecule has 0 N–H and O–H groups in total. The van der Waals surface area contributed by atoms with Crippen LogP contribution in [0.2, 0.25) is 0 Å². The fraction of sp³-hybridized carbons (Fsp3) is 0.357. The van der Waals surface area contributed by atoms with Gasteiger partial charge in [0.2, 0.25) is 5.88 Å². The quantitative estimate of drug-likeness (QED) is 0.795. The van der Waals surface area contributed by atoms with Crippen LogP contribution in [0.1, 0.15) is 19.5 Å². The summed E-state index contributed by atoms with van der Waals surface area (Å²) in [7, 11) is 0.500. The van der Waals surface area contributed by atoms with Crippen molar-refractivity contribution in [2.75, 3.05) is 7.11 Å². The Labute approximate surface area is 130 Å². The Morgan fingerprint density at radius 3 is 2.57 bits per heavy atom. The molecule has 122 valence electrons. The SMILES string of the molecule is C=C1OB(c2ccc(OC)n3nc(C(F)(F)F)cc23)OC1(C)C. The highest BCUT2D eigenvalue weighted by molar-refractivity contribution is 6.64. The maximum absolute atomic E-state index is 13.0. The second-order valence-electron chi connectivity index (χ2n) is 5.66. The van der Waals surface area contributed by atoms with Crippen molar-refractivity contribution in [2.24, 2.45) is 0 Å². The van der Waals surface area contributed by atoms with Gasteiger partial charge in [-0.05, 0) is 19.9 Å². The van der Waals surface area contributed by atoms with Gasteiger partial charge in [0.05, 0.1) is 18.4 Å². The molecule has 1 aliphatic rings. The Kier molecular flexibility index (Phi) is 3.37. The first kappa shape index (κ1) is 15.7. The molecular formula is C14H14BF3N2O3. The molecule has 2 aromatic heterocycles. The Balaban J connectivity index is 2.15. The van der Waals surface area contributed by atoms with Crippen LogP contribution in [-0.4, -0.2) is 29.4 Å². The van der Waals surface area contributed by atoms with E-state index in [4.69, 9.17) is 14.0 Å². The van der Waals surface area contributed by atoms with Crippen molar-refractivity contribution in [3.05, 3.63) is 36.2 Å². The van der Waals surface area contributed by atoms with Crippen molar-refractivity contribution < 1.29 is 27.2 Å². The van der Waals surface area contributed by atoms with Gasteiger partial charge < -0.3 is 14.0 Å². The van der Waals surface area contributed by atoms with Crippen LogP contribution in [0.25, 0.3) is 5.52 Å². The number of alkyl halides is 3. The normalized spacial score (nSPS) is 17.7. The van der Waals surface area contributed by atoms with Gasteiger partial charge in [-0.25, -0.2) is 4.52 Å². The fourth-order valence-electron chi connectivity index (χ4n) is 2.32. The second-order valence-corrected chi connectivity index (χ2v) is 5.66. The van der Waals surface area contributed by atoms with Crippen LogP contribution < -0.4 is 10.2 Å². The van der Waals surface area contributed by atoms with E-state index in [1.807, 2.05) is 0 Å². The van der Waals surface area contributed by atoms with Crippen molar-refractivity contribution in [1.29, 1.82) is 0 Å². The average Bonchev–Trinajstić information content (AvgIpc) is 2.99. The number of hydrogen-bond donors (Lipinski definition) is 0. The van der Waals surface area contributed by atoms with Gasteiger partial charge in [0.1, 0.15) is 5.60 Å². The highest BCUT2D eigenvalue weighted by Gasteiger charge is 2.44. The number of halogens is 3. The highest BCUT2D eigenvalue weighted by Crippen LogP contribution is 2.32. The molecule has 0 bridgehead atoms. The molecular weight excluding hydrogens is 312 g/mol. The standard InChI is InChI=1S/C14H14BF3N2O3/c1-8-13(2,3)23-15(22-8)9-5-6-12(21-4)20-10(9)7-11(19-20)14(16,17)18/h5-7H,1H2,2-4H3. The molecule has 0 atom stereocenters. The van der Waals surface area contributed by atoms with Crippen LogP contribution in [-0.2, 0) is 15.5 Å². The summed E-state index contributed by atoms with van der Waals surface area (Å²) >= 11 is 0. The van der Waals surface area contributed by atoms with Crippen molar-refractivity contribution in [1.82, 2.24) is 9.61 Å². The summed E-state index contributed by atoms with van der Waals surface area (Å²) in [5.41, 5.74) is -1.12. The number of rotatable bonds is 2. The molecule has 3 heterocycles. The summed E-state index contributed by atoms with van der Waals surface area (Å²) in [6.45, 7) is 7.31. The largest absolute Gasteiger partial charge is 0.565 e. The average molecular weight is 326 g/mol. The summed E-state index contributed by atoms with van der Waals surface area (Å²) in [6.07, 6.45) is -4.56. The molecule has 0 aliphatic carbocycles. The molecule has 9 heteroatoms. The molecule has 3 rings (SSSR count). The van der Waals surface area contributed by atoms with E-state index in [9.17, 15) is 13.2 Å². The van der Waals surface area contributed by atoms with Crippen LogP contribution in [0.4, 0.5) is 13.2 Å². The summed E-state index contributed by atoms with van der Waals surface area (Å²) in [4.78, 5) is 0. The van der Waals surface area contributed by atoms with E-state index in [2.05, 4.69) is 11.7 Å². The minimum Gasteiger partial charge on any atom is -0.534 e. The first-order chi connectivity index (χ1) is 10.6. The zero-order valence-corrected chi connectivity index (χ0v) is 12.8.